The van der Waals surface area contributed by atoms with Crippen molar-refractivity contribution >= 4 is 31.5 Å². The molecule has 218 valence electrons. The van der Waals surface area contributed by atoms with E-state index in [0.717, 1.165) is 33.9 Å². The molecule has 1 aliphatic carbocycles. The minimum Gasteiger partial charge on any atom is -0.228 e. The summed E-state index contributed by atoms with van der Waals surface area (Å²) in [4.78, 5) is 10.4. The number of hydrogen-bond donors (Lipinski definition) is 0. The highest BCUT2D eigenvalue weighted by Gasteiger charge is 2.35. The zero-order valence-electron chi connectivity index (χ0n) is 25.7. The van der Waals surface area contributed by atoms with E-state index in [1.54, 1.807) is 0 Å². The Labute approximate surface area is 272 Å². The Hall–Kier alpha value is -5.38. The summed E-state index contributed by atoms with van der Waals surface area (Å²) in [5, 5.41) is 2.58. The summed E-state index contributed by atoms with van der Waals surface area (Å²) in [5.41, 5.74) is 12.8. The third-order valence-corrected chi connectivity index (χ3v) is 10.6. The summed E-state index contributed by atoms with van der Waals surface area (Å²) >= 11 is 1.84. The summed E-state index contributed by atoms with van der Waals surface area (Å²) in [6.45, 7) is 4.67. The van der Waals surface area contributed by atoms with E-state index >= 15 is 0 Å². The van der Waals surface area contributed by atoms with Crippen LogP contribution in [0.15, 0.2) is 146 Å². The molecule has 0 saturated heterocycles. The predicted molar refractivity (Wildman–Crippen MR) is 194 cm³/mol. The first-order valence-electron chi connectivity index (χ1n) is 15.7. The average Bonchev–Trinajstić information content (AvgIpc) is 3.60. The van der Waals surface area contributed by atoms with Gasteiger partial charge in [0.15, 0.2) is 5.82 Å². The van der Waals surface area contributed by atoms with Crippen molar-refractivity contribution in [1.29, 1.82) is 0 Å². The molecule has 46 heavy (non-hydrogen) atoms. The maximum atomic E-state index is 5.20. The van der Waals surface area contributed by atoms with Gasteiger partial charge in [-0.3, -0.25) is 0 Å². The van der Waals surface area contributed by atoms with Gasteiger partial charge >= 0.3 is 0 Å². The fourth-order valence-electron chi connectivity index (χ4n) is 7.19. The van der Waals surface area contributed by atoms with Gasteiger partial charge in [-0.25, -0.2) is 9.97 Å². The molecule has 1 aliphatic rings. The van der Waals surface area contributed by atoms with Crippen LogP contribution in [0.1, 0.15) is 25.0 Å². The Kier molecular flexibility index (Phi) is 6.06. The molecule has 0 bridgehead atoms. The monoisotopic (exact) mass is 606 g/mol. The van der Waals surface area contributed by atoms with E-state index in [-0.39, 0.29) is 5.41 Å². The van der Waals surface area contributed by atoms with E-state index in [9.17, 15) is 0 Å². The second-order valence-electron chi connectivity index (χ2n) is 12.6. The lowest BCUT2D eigenvalue weighted by atomic mass is 9.82. The van der Waals surface area contributed by atoms with Gasteiger partial charge in [0.25, 0.3) is 0 Å². The molecule has 8 aromatic rings. The molecule has 0 atom stereocenters. The summed E-state index contributed by atoms with van der Waals surface area (Å²) in [7, 11) is 0. The highest BCUT2D eigenvalue weighted by atomic mass is 32.1. The molecule has 9 rings (SSSR count). The molecule has 0 N–H and O–H groups in total. The molecule has 0 amide bonds. The van der Waals surface area contributed by atoms with Gasteiger partial charge in [0, 0.05) is 42.3 Å². The second-order valence-corrected chi connectivity index (χ2v) is 13.7. The second kappa shape index (κ2) is 10.3. The summed E-state index contributed by atoms with van der Waals surface area (Å²) in [6.07, 6.45) is 0. The maximum absolute atomic E-state index is 5.20. The molecule has 6 aromatic carbocycles. The highest BCUT2D eigenvalue weighted by Crippen LogP contribution is 2.50. The van der Waals surface area contributed by atoms with Gasteiger partial charge in [0.05, 0.1) is 11.4 Å². The Morgan fingerprint density at radius 1 is 0.457 bits per heavy atom. The Morgan fingerprint density at radius 3 is 1.80 bits per heavy atom. The molecule has 3 heteroatoms. The molecule has 2 nitrogen and oxygen atoms in total. The number of nitrogens with zero attached hydrogens (tertiary/aromatic N) is 2. The van der Waals surface area contributed by atoms with Crippen LogP contribution in [-0.2, 0) is 5.41 Å². The number of thiophene rings is 1. The van der Waals surface area contributed by atoms with Crippen LogP contribution in [0.5, 0.6) is 0 Å². The van der Waals surface area contributed by atoms with Crippen LogP contribution in [0.25, 0.3) is 76.3 Å². The van der Waals surface area contributed by atoms with Gasteiger partial charge in [-0.1, -0.05) is 129 Å². The van der Waals surface area contributed by atoms with E-state index in [1.807, 2.05) is 23.5 Å². The molecule has 0 fully saturated rings. The Morgan fingerprint density at radius 2 is 1.07 bits per heavy atom. The minimum atomic E-state index is -0.0315. The van der Waals surface area contributed by atoms with Crippen molar-refractivity contribution in [3.8, 4) is 56.2 Å². The predicted octanol–water partition coefficient (Wildman–Crippen LogP) is 11.8. The zero-order valence-corrected chi connectivity index (χ0v) is 26.5. The van der Waals surface area contributed by atoms with Crippen molar-refractivity contribution < 1.29 is 0 Å². The SMILES string of the molecule is CC1(C)c2ccccc2-c2cc(-c3cc(-c4nc(-c5ccccc5)cc(-c5ccccc5)n4)cc4sc5ccccc5c34)ccc21. The standard InChI is InChI=1S/C43H30N2S/c1-43(2)35-19-11-9-17-31(35)34-23-29(21-22-36(34)43)33-24-30(25-40-41(33)32-18-10-12-20-39(32)46-40)42-44-37(27-13-5-3-6-14-27)26-38(45-42)28-15-7-4-8-16-28/h3-26H,1-2H3. The maximum Gasteiger partial charge on any atom is 0.160 e. The van der Waals surface area contributed by atoms with Gasteiger partial charge < -0.3 is 0 Å². The summed E-state index contributed by atoms with van der Waals surface area (Å²) in [6, 6.07) is 52.2. The van der Waals surface area contributed by atoms with Gasteiger partial charge in [0.2, 0.25) is 0 Å². The number of rotatable bonds is 4. The Balaban J connectivity index is 1.31. The first kappa shape index (κ1) is 27.0. The van der Waals surface area contributed by atoms with E-state index < -0.39 is 0 Å². The Bertz CT molecular complexity index is 2380. The van der Waals surface area contributed by atoms with Crippen LogP contribution >= 0.6 is 11.3 Å². The van der Waals surface area contributed by atoms with E-state index in [1.165, 1.54) is 53.6 Å². The molecular weight excluding hydrogens is 577 g/mol. The lowest BCUT2D eigenvalue weighted by Crippen LogP contribution is -2.14. The van der Waals surface area contributed by atoms with Crippen molar-refractivity contribution in [3.63, 3.8) is 0 Å². The van der Waals surface area contributed by atoms with Gasteiger partial charge in [-0.15, -0.1) is 11.3 Å². The lowest BCUT2D eigenvalue weighted by Gasteiger charge is -2.21. The first-order chi connectivity index (χ1) is 22.5. The minimum absolute atomic E-state index is 0.0315. The molecule has 0 saturated carbocycles. The van der Waals surface area contributed by atoms with Crippen molar-refractivity contribution in [2.45, 2.75) is 19.3 Å². The fourth-order valence-corrected chi connectivity index (χ4v) is 8.36. The topological polar surface area (TPSA) is 25.8 Å². The summed E-state index contributed by atoms with van der Waals surface area (Å²) in [5.74, 6) is 0.730. The summed E-state index contributed by atoms with van der Waals surface area (Å²) < 4.78 is 2.53. The zero-order chi connectivity index (χ0) is 30.8. The lowest BCUT2D eigenvalue weighted by molar-refractivity contribution is 0.660. The van der Waals surface area contributed by atoms with Crippen molar-refractivity contribution in [3.05, 3.63) is 157 Å². The van der Waals surface area contributed by atoms with E-state index in [2.05, 4.69) is 147 Å². The van der Waals surface area contributed by atoms with Crippen LogP contribution in [0, 0.1) is 0 Å². The smallest absolute Gasteiger partial charge is 0.160 e. The number of aromatic nitrogens is 2. The molecule has 0 aliphatic heterocycles. The quantitative estimate of drug-likeness (QED) is 0.199. The van der Waals surface area contributed by atoms with Crippen molar-refractivity contribution in [2.75, 3.05) is 0 Å². The number of benzene rings is 6. The van der Waals surface area contributed by atoms with Gasteiger partial charge in [-0.2, -0.15) is 0 Å². The molecule has 2 aromatic heterocycles. The highest BCUT2D eigenvalue weighted by molar-refractivity contribution is 7.26. The number of fused-ring (bicyclic) bond motifs is 6. The molecular formula is C43H30N2S. The van der Waals surface area contributed by atoms with Crippen LogP contribution < -0.4 is 0 Å². The van der Waals surface area contributed by atoms with Crippen molar-refractivity contribution in [2.24, 2.45) is 0 Å². The molecule has 0 spiro atoms. The van der Waals surface area contributed by atoms with Crippen LogP contribution in [0.4, 0.5) is 0 Å². The molecule has 0 unspecified atom stereocenters. The largest absolute Gasteiger partial charge is 0.228 e. The first-order valence-corrected chi connectivity index (χ1v) is 16.6. The van der Waals surface area contributed by atoms with E-state index in [0.29, 0.717) is 0 Å². The normalized spacial score (nSPS) is 13.2. The molecule has 0 radical (unpaired) electrons. The fraction of sp³-hybridized carbons (Fsp3) is 0.0698. The van der Waals surface area contributed by atoms with Gasteiger partial charge in [0.1, 0.15) is 0 Å². The third-order valence-electron chi connectivity index (χ3n) is 9.50. The average molecular weight is 607 g/mol. The molecule has 2 heterocycles. The number of hydrogen-bond acceptors (Lipinski definition) is 3. The van der Waals surface area contributed by atoms with Crippen molar-refractivity contribution in [1.82, 2.24) is 9.97 Å². The van der Waals surface area contributed by atoms with Crippen LogP contribution in [0.2, 0.25) is 0 Å². The van der Waals surface area contributed by atoms with Crippen LogP contribution in [0.3, 0.4) is 0 Å². The van der Waals surface area contributed by atoms with Gasteiger partial charge in [-0.05, 0) is 63.7 Å². The third kappa shape index (κ3) is 4.23. The van der Waals surface area contributed by atoms with E-state index in [4.69, 9.17) is 9.97 Å². The van der Waals surface area contributed by atoms with Crippen LogP contribution in [-0.4, -0.2) is 9.97 Å².